The van der Waals surface area contributed by atoms with E-state index in [0.717, 1.165) is 30.4 Å². The van der Waals surface area contributed by atoms with E-state index in [0.29, 0.717) is 30.5 Å². The molecule has 0 amide bonds. The van der Waals surface area contributed by atoms with Gasteiger partial charge < -0.3 is 25.4 Å². The van der Waals surface area contributed by atoms with E-state index in [-0.39, 0.29) is 24.6 Å². The fourth-order valence-electron chi connectivity index (χ4n) is 4.31. The van der Waals surface area contributed by atoms with Gasteiger partial charge in [0.15, 0.2) is 11.6 Å². The van der Waals surface area contributed by atoms with Crippen molar-refractivity contribution in [1.82, 2.24) is 9.97 Å². The summed E-state index contributed by atoms with van der Waals surface area (Å²) in [7, 11) is 1.88. The molecule has 2 heterocycles. The highest BCUT2D eigenvalue weighted by molar-refractivity contribution is 5.88. The third-order valence-electron chi connectivity index (χ3n) is 6.18. The number of carbonyl (C=O) groups is 1. The Bertz CT molecular complexity index is 1070. The highest BCUT2D eigenvalue weighted by Crippen LogP contribution is 2.32. The van der Waals surface area contributed by atoms with Crippen molar-refractivity contribution in [2.45, 2.75) is 38.3 Å². The van der Waals surface area contributed by atoms with Gasteiger partial charge in [-0.15, -0.1) is 0 Å². The number of rotatable bonds is 9. The normalized spacial score (nSPS) is 15.6. The second-order valence-electron chi connectivity index (χ2n) is 8.54. The summed E-state index contributed by atoms with van der Waals surface area (Å²) in [5.41, 5.74) is 9.26. The third kappa shape index (κ3) is 5.89. The van der Waals surface area contributed by atoms with Gasteiger partial charge in [-0.1, -0.05) is 60.7 Å². The maximum atomic E-state index is 12.6. The number of benzene rings is 2. The topological polar surface area (TPSA) is 103 Å². The number of aromatic nitrogens is 2. The Kier molecular flexibility index (Phi) is 8.15. The van der Waals surface area contributed by atoms with Crippen molar-refractivity contribution in [2.24, 2.45) is 0 Å². The second kappa shape index (κ2) is 11.7. The van der Waals surface area contributed by atoms with Gasteiger partial charge in [-0.3, -0.25) is 0 Å². The van der Waals surface area contributed by atoms with Crippen molar-refractivity contribution < 1.29 is 14.3 Å². The van der Waals surface area contributed by atoms with E-state index < -0.39 is 5.97 Å². The molecule has 1 atom stereocenters. The molecule has 8 nitrogen and oxygen atoms in total. The second-order valence-corrected chi connectivity index (χ2v) is 8.54. The largest absolute Gasteiger partial charge is 0.460 e. The average Bonchev–Trinajstić information content (AvgIpc) is 2.91. The van der Waals surface area contributed by atoms with Crippen LogP contribution >= 0.6 is 0 Å². The van der Waals surface area contributed by atoms with Crippen LogP contribution in [0.1, 0.15) is 53.8 Å². The van der Waals surface area contributed by atoms with Crippen molar-refractivity contribution >= 4 is 23.3 Å². The van der Waals surface area contributed by atoms with Crippen molar-refractivity contribution in [1.29, 1.82) is 0 Å². The standard InChI is InChI=1S/C27H33N5O3/c1-3-34-27(33)25-30-24(23(28)26(31-25)32(2)22-16-10-11-17-35-22)29-18-21(19-12-6-4-7-13-19)20-14-8-5-9-15-20/h4-9,12-15,21-22H,3,10-11,16-18,28H2,1-2H3,(H,29,30,31). The van der Waals surface area contributed by atoms with Crippen molar-refractivity contribution in [3.8, 4) is 0 Å². The Morgan fingerprint density at radius 3 is 2.34 bits per heavy atom. The number of hydrogen-bond donors (Lipinski definition) is 2. The maximum absolute atomic E-state index is 12.6. The number of nitrogens with two attached hydrogens (primary N) is 1. The van der Waals surface area contributed by atoms with Crippen LogP contribution in [0.4, 0.5) is 17.3 Å². The number of nitrogens with zero attached hydrogens (tertiary/aromatic N) is 3. The lowest BCUT2D eigenvalue weighted by Gasteiger charge is -2.33. The molecule has 1 fully saturated rings. The zero-order chi connectivity index (χ0) is 24.6. The van der Waals surface area contributed by atoms with Crippen LogP contribution in [0.25, 0.3) is 0 Å². The van der Waals surface area contributed by atoms with Gasteiger partial charge in [0, 0.05) is 26.1 Å². The molecule has 184 valence electrons. The summed E-state index contributed by atoms with van der Waals surface area (Å²) in [6.07, 6.45) is 2.79. The SMILES string of the molecule is CCOC(=O)c1nc(NCC(c2ccccc2)c2ccccc2)c(N)c(N(C)C2CCCCO2)n1. The first-order valence-corrected chi connectivity index (χ1v) is 12.1. The first kappa shape index (κ1) is 24.5. The highest BCUT2D eigenvalue weighted by atomic mass is 16.5. The van der Waals surface area contributed by atoms with Gasteiger partial charge in [0.2, 0.25) is 5.82 Å². The van der Waals surface area contributed by atoms with Crippen LogP contribution in [-0.2, 0) is 9.47 Å². The number of hydrogen-bond acceptors (Lipinski definition) is 8. The summed E-state index contributed by atoms with van der Waals surface area (Å²) in [5.74, 6) is 0.293. The summed E-state index contributed by atoms with van der Waals surface area (Å²) in [6.45, 7) is 3.20. The first-order valence-electron chi connectivity index (χ1n) is 12.1. The maximum Gasteiger partial charge on any atom is 0.376 e. The van der Waals surface area contributed by atoms with E-state index in [1.54, 1.807) is 6.92 Å². The molecule has 4 rings (SSSR count). The zero-order valence-electron chi connectivity index (χ0n) is 20.3. The molecule has 0 bridgehead atoms. The predicted molar refractivity (Wildman–Crippen MR) is 138 cm³/mol. The Morgan fingerprint density at radius 1 is 1.11 bits per heavy atom. The first-order chi connectivity index (χ1) is 17.1. The van der Waals surface area contributed by atoms with Gasteiger partial charge in [0.05, 0.1) is 6.61 Å². The zero-order valence-corrected chi connectivity index (χ0v) is 20.3. The van der Waals surface area contributed by atoms with E-state index in [4.69, 9.17) is 15.2 Å². The van der Waals surface area contributed by atoms with Gasteiger partial charge in [0.25, 0.3) is 0 Å². The third-order valence-corrected chi connectivity index (χ3v) is 6.18. The summed E-state index contributed by atoms with van der Waals surface area (Å²) >= 11 is 0. The fraction of sp³-hybridized carbons (Fsp3) is 0.370. The monoisotopic (exact) mass is 475 g/mol. The smallest absolute Gasteiger partial charge is 0.376 e. The van der Waals surface area contributed by atoms with Crippen LogP contribution in [0.2, 0.25) is 0 Å². The van der Waals surface area contributed by atoms with Crippen LogP contribution in [0.15, 0.2) is 60.7 Å². The Morgan fingerprint density at radius 2 is 1.77 bits per heavy atom. The molecule has 35 heavy (non-hydrogen) atoms. The number of anilines is 3. The lowest BCUT2D eigenvalue weighted by molar-refractivity contribution is 0.0170. The molecule has 1 saturated heterocycles. The van der Waals surface area contributed by atoms with Crippen molar-refractivity contribution in [3.05, 3.63) is 77.6 Å². The Hall–Kier alpha value is -3.65. The van der Waals surface area contributed by atoms with Crippen LogP contribution < -0.4 is 16.0 Å². The summed E-state index contributed by atoms with van der Waals surface area (Å²) in [6, 6.07) is 20.5. The number of carbonyl (C=O) groups excluding carboxylic acids is 1. The molecule has 0 radical (unpaired) electrons. The van der Waals surface area contributed by atoms with Crippen LogP contribution in [-0.4, -0.2) is 49.0 Å². The quantitative estimate of drug-likeness (QED) is 0.438. The molecule has 8 heteroatoms. The van der Waals surface area contributed by atoms with Crippen LogP contribution in [0.3, 0.4) is 0 Å². The molecular formula is C27H33N5O3. The number of esters is 1. The minimum atomic E-state index is -0.586. The Labute approximate surface area is 206 Å². The van der Waals surface area contributed by atoms with Crippen molar-refractivity contribution in [2.75, 3.05) is 42.8 Å². The summed E-state index contributed by atoms with van der Waals surface area (Å²) in [5, 5.41) is 3.39. The van der Waals surface area contributed by atoms with Gasteiger partial charge in [0.1, 0.15) is 11.9 Å². The van der Waals surface area contributed by atoms with E-state index >= 15 is 0 Å². The molecule has 1 unspecified atom stereocenters. The fourth-order valence-corrected chi connectivity index (χ4v) is 4.31. The molecule has 1 aliphatic heterocycles. The highest BCUT2D eigenvalue weighted by Gasteiger charge is 2.26. The molecule has 0 aliphatic carbocycles. The van der Waals surface area contributed by atoms with Crippen LogP contribution in [0.5, 0.6) is 0 Å². The van der Waals surface area contributed by atoms with Crippen molar-refractivity contribution in [3.63, 3.8) is 0 Å². The minimum absolute atomic E-state index is 0.0304. The summed E-state index contributed by atoms with van der Waals surface area (Å²) in [4.78, 5) is 23.4. The average molecular weight is 476 g/mol. The lowest BCUT2D eigenvalue weighted by Crippen LogP contribution is -2.38. The van der Waals surface area contributed by atoms with Gasteiger partial charge in [-0.25, -0.2) is 14.8 Å². The van der Waals surface area contributed by atoms with E-state index in [1.807, 2.05) is 48.3 Å². The lowest BCUT2D eigenvalue weighted by atomic mass is 9.91. The molecule has 3 aromatic rings. The number of nitrogen functional groups attached to an aromatic ring is 1. The molecule has 0 saturated carbocycles. The number of ether oxygens (including phenoxy) is 2. The molecule has 3 N–H and O–H groups in total. The minimum Gasteiger partial charge on any atom is -0.460 e. The Balaban J connectivity index is 1.66. The molecular weight excluding hydrogens is 442 g/mol. The van der Waals surface area contributed by atoms with Gasteiger partial charge >= 0.3 is 5.97 Å². The van der Waals surface area contributed by atoms with Crippen LogP contribution in [0, 0.1) is 0 Å². The molecule has 2 aromatic carbocycles. The molecule has 1 aromatic heterocycles. The van der Waals surface area contributed by atoms with Gasteiger partial charge in [-0.2, -0.15) is 0 Å². The molecule has 1 aliphatic rings. The van der Waals surface area contributed by atoms with Gasteiger partial charge in [-0.05, 0) is 37.3 Å². The summed E-state index contributed by atoms with van der Waals surface area (Å²) < 4.78 is 11.1. The van der Waals surface area contributed by atoms with E-state index in [2.05, 4.69) is 39.6 Å². The molecule has 0 spiro atoms. The predicted octanol–water partition coefficient (Wildman–Crippen LogP) is 4.44. The van der Waals surface area contributed by atoms with E-state index in [1.165, 1.54) is 0 Å². The number of nitrogens with one attached hydrogen (secondary N) is 1. The van der Waals surface area contributed by atoms with E-state index in [9.17, 15) is 4.79 Å².